The number of para-hydroxylation sites is 1. The molecule has 1 rings (SSSR count). The quantitative estimate of drug-likeness (QED) is 0.872. The molecule has 3 nitrogen and oxygen atoms in total. The summed E-state index contributed by atoms with van der Waals surface area (Å²) >= 11 is 3.35. The van der Waals surface area contributed by atoms with E-state index >= 15 is 0 Å². The Balaban J connectivity index is 2.77. The summed E-state index contributed by atoms with van der Waals surface area (Å²) in [5, 5.41) is 11.8. The van der Waals surface area contributed by atoms with Gasteiger partial charge >= 0.3 is 5.97 Å². The van der Waals surface area contributed by atoms with Crippen LogP contribution in [0.2, 0.25) is 0 Å². The molecule has 0 aliphatic carbocycles. The summed E-state index contributed by atoms with van der Waals surface area (Å²) < 4.78 is 0.875. The molecular weight excluding hydrogens is 246 g/mol. The summed E-state index contributed by atoms with van der Waals surface area (Å²) in [5.74, 6) is -0.830. The number of carboxylic acid groups (broad SMARTS) is 1. The van der Waals surface area contributed by atoms with Crippen LogP contribution in [0.3, 0.4) is 0 Å². The van der Waals surface area contributed by atoms with Gasteiger partial charge in [0.15, 0.2) is 0 Å². The zero-order valence-corrected chi connectivity index (χ0v) is 9.41. The molecule has 76 valence electrons. The van der Waals surface area contributed by atoms with Gasteiger partial charge in [0, 0.05) is 10.2 Å². The van der Waals surface area contributed by atoms with Crippen LogP contribution in [0, 0.1) is 0 Å². The van der Waals surface area contributed by atoms with Gasteiger partial charge in [0.25, 0.3) is 0 Å². The fourth-order valence-corrected chi connectivity index (χ4v) is 1.50. The minimum absolute atomic E-state index is 0.534. The number of hydrogen-bond acceptors (Lipinski definition) is 2. The van der Waals surface area contributed by atoms with Crippen molar-refractivity contribution in [2.24, 2.45) is 0 Å². The highest BCUT2D eigenvalue weighted by molar-refractivity contribution is 9.10. The molecule has 1 aromatic rings. The number of benzene rings is 1. The van der Waals surface area contributed by atoms with Crippen LogP contribution in [-0.2, 0) is 4.79 Å². The predicted molar refractivity (Wildman–Crippen MR) is 59.5 cm³/mol. The van der Waals surface area contributed by atoms with E-state index in [1.165, 1.54) is 0 Å². The molecule has 0 heterocycles. The third kappa shape index (κ3) is 2.73. The minimum atomic E-state index is -0.830. The van der Waals surface area contributed by atoms with Gasteiger partial charge < -0.3 is 10.4 Å². The van der Waals surface area contributed by atoms with Crippen molar-refractivity contribution in [2.75, 3.05) is 5.32 Å². The van der Waals surface area contributed by atoms with E-state index in [2.05, 4.69) is 21.2 Å². The Bertz CT molecular complexity index is 328. The molecule has 0 fully saturated rings. The van der Waals surface area contributed by atoms with E-state index in [0.717, 1.165) is 10.2 Å². The van der Waals surface area contributed by atoms with Crippen molar-refractivity contribution < 1.29 is 9.90 Å². The smallest absolute Gasteiger partial charge is 0.326 e. The Morgan fingerprint density at radius 2 is 2.21 bits per heavy atom. The van der Waals surface area contributed by atoms with Crippen LogP contribution in [0.4, 0.5) is 5.69 Å². The molecular formula is C10H12BrNO2. The number of carboxylic acids is 1. The predicted octanol–water partition coefficient (Wildman–Crippen LogP) is 2.72. The maximum Gasteiger partial charge on any atom is 0.326 e. The normalized spacial score (nSPS) is 12.1. The fourth-order valence-electron chi connectivity index (χ4n) is 1.10. The molecule has 0 amide bonds. The summed E-state index contributed by atoms with van der Waals surface area (Å²) in [4.78, 5) is 10.8. The maximum absolute atomic E-state index is 10.8. The lowest BCUT2D eigenvalue weighted by Gasteiger charge is -2.14. The van der Waals surface area contributed by atoms with Crippen molar-refractivity contribution in [3.63, 3.8) is 0 Å². The Morgan fingerprint density at radius 3 is 2.71 bits per heavy atom. The van der Waals surface area contributed by atoms with Crippen LogP contribution >= 0.6 is 15.9 Å². The molecule has 0 saturated carbocycles. The van der Waals surface area contributed by atoms with Crippen LogP contribution in [0.5, 0.6) is 0 Å². The van der Waals surface area contributed by atoms with Gasteiger partial charge in [-0.25, -0.2) is 4.79 Å². The van der Waals surface area contributed by atoms with E-state index in [9.17, 15) is 4.79 Å². The second kappa shape index (κ2) is 5.00. The highest BCUT2D eigenvalue weighted by atomic mass is 79.9. The highest BCUT2D eigenvalue weighted by Crippen LogP contribution is 2.22. The average Bonchev–Trinajstić information content (AvgIpc) is 2.16. The van der Waals surface area contributed by atoms with Crippen LogP contribution in [-0.4, -0.2) is 17.1 Å². The maximum atomic E-state index is 10.8. The average molecular weight is 258 g/mol. The highest BCUT2D eigenvalue weighted by Gasteiger charge is 2.14. The summed E-state index contributed by atoms with van der Waals surface area (Å²) in [7, 11) is 0. The van der Waals surface area contributed by atoms with Crippen LogP contribution in [0.15, 0.2) is 28.7 Å². The van der Waals surface area contributed by atoms with Crippen molar-refractivity contribution >= 4 is 27.6 Å². The number of halogens is 1. The molecule has 0 radical (unpaired) electrons. The summed E-state index contributed by atoms with van der Waals surface area (Å²) in [6, 6.07) is 6.93. The van der Waals surface area contributed by atoms with Crippen LogP contribution in [0.1, 0.15) is 13.3 Å². The van der Waals surface area contributed by atoms with E-state index in [0.29, 0.717) is 6.42 Å². The van der Waals surface area contributed by atoms with E-state index in [-0.39, 0.29) is 0 Å². The second-order valence-electron chi connectivity index (χ2n) is 2.92. The van der Waals surface area contributed by atoms with Crippen molar-refractivity contribution in [3.05, 3.63) is 28.7 Å². The van der Waals surface area contributed by atoms with Gasteiger partial charge in [-0.3, -0.25) is 0 Å². The van der Waals surface area contributed by atoms with Gasteiger partial charge in [0.2, 0.25) is 0 Å². The molecule has 0 bridgehead atoms. The first-order chi connectivity index (χ1) is 6.65. The van der Waals surface area contributed by atoms with Crippen molar-refractivity contribution in [1.29, 1.82) is 0 Å². The van der Waals surface area contributed by atoms with E-state index < -0.39 is 12.0 Å². The first-order valence-corrected chi connectivity index (χ1v) is 5.18. The van der Waals surface area contributed by atoms with Gasteiger partial charge in [-0.05, 0) is 34.5 Å². The van der Waals surface area contributed by atoms with Gasteiger partial charge in [-0.15, -0.1) is 0 Å². The molecule has 14 heavy (non-hydrogen) atoms. The molecule has 0 saturated heterocycles. The lowest BCUT2D eigenvalue weighted by Crippen LogP contribution is -2.28. The minimum Gasteiger partial charge on any atom is -0.480 e. The van der Waals surface area contributed by atoms with Gasteiger partial charge in [-0.2, -0.15) is 0 Å². The first-order valence-electron chi connectivity index (χ1n) is 4.39. The van der Waals surface area contributed by atoms with Crippen molar-refractivity contribution in [3.8, 4) is 0 Å². The molecule has 0 aromatic heterocycles. The fraction of sp³-hybridized carbons (Fsp3) is 0.300. The summed E-state index contributed by atoms with van der Waals surface area (Å²) in [6.45, 7) is 1.84. The third-order valence-electron chi connectivity index (χ3n) is 1.91. The van der Waals surface area contributed by atoms with Crippen LogP contribution in [0.25, 0.3) is 0 Å². The molecule has 0 aliphatic heterocycles. The van der Waals surface area contributed by atoms with Gasteiger partial charge in [-0.1, -0.05) is 19.1 Å². The SMILES string of the molecule is CCC(Nc1ccccc1Br)C(=O)O. The van der Waals surface area contributed by atoms with Crippen LogP contribution < -0.4 is 5.32 Å². The Hall–Kier alpha value is -1.03. The van der Waals surface area contributed by atoms with Gasteiger partial charge in [0.1, 0.15) is 6.04 Å². The number of hydrogen-bond donors (Lipinski definition) is 2. The number of anilines is 1. The van der Waals surface area contributed by atoms with Crippen molar-refractivity contribution in [2.45, 2.75) is 19.4 Å². The molecule has 1 aromatic carbocycles. The Labute approximate surface area is 91.3 Å². The third-order valence-corrected chi connectivity index (χ3v) is 2.60. The standard InChI is InChI=1S/C10H12BrNO2/c1-2-8(10(13)14)12-9-6-4-3-5-7(9)11/h3-6,8,12H,2H2,1H3,(H,13,14). The van der Waals surface area contributed by atoms with E-state index in [4.69, 9.17) is 5.11 Å². The molecule has 0 spiro atoms. The molecule has 0 aliphatic rings. The molecule has 2 N–H and O–H groups in total. The second-order valence-corrected chi connectivity index (χ2v) is 3.78. The Morgan fingerprint density at radius 1 is 1.57 bits per heavy atom. The monoisotopic (exact) mass is 257 g/mol. The lowest BCUT2D eigenvalue weighted by atomic mass is 10.2. The van der Waals surface area contributed by atoms with E-state index in [1.54, 1.807) is 0 Å². The number of aliphatic carboxylic acids is 1. The summed E-state index contributed by atoms with van der Waals surface area (Å²) in [6.07, 6.45) is 0.552. The molecule has 1 unspecified atom stereocenters. The Kier molecular flexibility index (Phi) is 3.95. The molecule has 4 heteroatoms. The number of carbonyl (C=O) groups is 1. The zero-order chi connectivity index (χ0) is 10.6. The number of rotatable bonds is 4. The number of nitrogens with one attached hydrogen (secondary N) is 1. The lowest BCUT2D eigenvalue weighted by molar-refractivity contribution is -0.137. The molecule has 1 atom stereocenters. The largest absolute Gasteiger partial charge is 0.480 e. The van der Waals surface area contributed by atoms with E-state index in [1.807, 2.05) is 31.2 Å². The topological polar surface area (TPSA) is 49.3 Å². The summed E-state index contributed by atoms with van der Waals surface area (Å²) in [5.41, 5.74) is 0.807. The van der Waals surface area contributed by atoms with Crippen molar-refractivity contribution in [1.82, 2.24) is 0 Å². The first kappa shape index (κ1) is 11.0. The van der Waals surface area contributed by atoms with Gasteiger partial charge in [0.05, 0.1) is 0 Å². The zero-order valence-electron chi connectivity index (χ0n) is 7.83.